The Morgan fingerprint density at radius 3 is 2.68 bits per heavy atom. The van der Waals surface area contributed by atoms with Gasteiger partial charge in [0.05, 0.1) is 0 Å². The maximum atomic E-state index is 12.0. The molecule has 0 fully saturated rings. The lowest BCUT2D eigenvalue weighted by atomic mass is 10.3. The molecule has 2 unspecified atom stereocenters. The van der Waals surface area contributed by atoms with Gasteiger partial charge < -0.3 is 0 Å². The Bertz CT molecular complexity index is 591. The minimum absolute atomic E-state index is 0.0102. The van der Waals surface area contributed by atoms with Gasteiger partial charge in [0.25, 0.3) is 0 Å². The van der Waals surface area contributed by atoms with E-state index >= 15 is 0 Å². The van der Waals surface area contributed by atoms with Gasteiger partial charge in [-0.25, -0.2) is 18.1 Å². The zero-order valence-electron chi connectivity index (χ0n) is 10.7. The summed E-state index contributed by atoms with van der Waals surface area (Å²) in [4.78, 5) is 3.73. The van der Waals surface area contributed by atoms with Gasteiger partial charge in [-0.3, -0.25) is 4.21 Å². The lowest BCUT2D eigenvalue weighted by molar-refractivity contribution is 0.555. The van der Waals surface area contributed by atoms with Crippen LogP contribution in [-0.2, 0) is 20.8 Å². The molecule has 0 aromatic carbocycles. The summed E-state index contributed by atoms with van der Waals surface area (Å²) in [5.74, 6) is 0.440. The summed E-state index contributed by atoms with van der Waals surface area (Å²) >= 11 is 0. The largest absolute Gasteiger partial charge is 0.260 e. The molecular weight excluding hydrogens is 286 g/mol. The minimum Gasteiger partial charge on any atom is -0.260 e. The molecule has 104 valence electrons. The normalized spacial score (nSPS) is 14.6. The van der Waals surface area contributed by atoms with Crippen LogP contribution in [0.25, 0.3) is 0 Å². The second kappa shape index (κ2) is 6.75. The molecule has 1 N–H and O–H groups in total. The van der Waals surface area contributed by atoms with Crippen molar-refractivity contribution in [3.05, 3.63) is 24.0 Å². The van der Waals surface area contributed by atoms with E-state index < -0.39 is 20.8 Å². The number of pyridine rings is 1. The molecule has 0 saturated heterocycles. The van der Waals surface area contributed by atoms with Crippen LogP contribution in [0.3, 0.4) is 0 Å². The van der Waals surface area contributed by atoms with Gasteiger partial charge in [-0.05, 0) is 25.5 Å². The van der Waals surface area contributed by atoms with Gasteiger partial charge in [0.1, 0.15) is 16.7 Å². The van der Waals surface area contributed by atoms with E-state index in [1.165, 1.54) is 12.1 Å². The van der Waals surface area contributed by atoms with Crippen molar-refractivity contribution in [2.75, 3.05) is 12.0 Å². The molecule has 0 aliphatic carbocycles. The number of nitriles is 1. The molecule has 8 heteroatoms. The summed E-state index contributed by atoms with van der Waals surface area (Å²) in [5, 5.41) is 8.59. The molecule has 0 aliphatic heterocycles. The van der Waals surface area contributed by atoms with Gasteiger partial charge in [-0.15, -0.1) is 0 Å². The Kier molecular flexibility index (Phi) is 5.60. The summed E-state index contributed by atoms with van der Waals surface area (Å²) < 4.78 is 37.4. The van der Waals surface area contributed by atoms with E-state index in [2.05, 4.69) is 9.71 Å². The summed E-state index contributed by atoms with van der Waals surface area (Å²) in [6.07, 6.45) is 3.21. The number of hydrogen-bond acceptors (Lipinski definition) is 5. The third-order valence-corrected chi connectivity index (χ3v) is 4.74. The lowest BCUT2D eigenvalue weighted by Crippen LogP contribution is -2.33. The fraction of sp³-hybridized carbons (Fsp3) is 0.455. The van der Waals surface area contributed by atoms with Crippen molar-refractivity contribution >= 4 is 20.8 Å². The zero-order valence-corrected chi connectivity index (χ0v) is 12.3. The quantitative estimate of drug-likeness (QED) is 0.819. The highest BCUT2D eigenvalue weighted by molar-refractivity contribution is 7.89. The van der Waals surface area contributed by atoms with E-state index in [1.54, 1.807) is 13.2 Å². The van der Waals surface area contributed by atoms with Gasteiger partial charge in [-0.1, -0.05) is 0 Å². The molecule has 1 aromatic rings. The van der Waals surface area contributed by atoms with Crippen molar-refractivity contribution in [2.24, 2.45) is 0 Å². The van der Waals surface area contributed by atoms with E-state index in [4.69, 9.17) is 5.26 Å². The van der Waals surface area contributed by atoms with Gasteiger partial charge in [0.15, 0.2) is 0 Å². The number of sulfonamides is 1. The van der Waals surface area contributed by atoms with Gasteiger partial charge >= 0.3 is 0 Å². The predicted molar refractivity (Wildman–Crippen MR) is 72.3 cm³/mol. The first kappa shape index (κ1) is 15.8. The first-order chi connectivity index (χ1) is 8.85. The Morgan fingerprint density at radius 1 is 1.53 bits per heavy atom. The van der Waals surface area contributed by atoms with Crippen molar-refractivity contribution in [3.63, 3.8) is 0 Å². The SMILES string of the molecule is CC(CCS(C)=O)NS(=O)(=O)c1ccc(C#N)nc1. The number of nitrogens with zero attached hydrogens (tertiary/aromatic N) is 2. The highest BCUT2D eigenvalue weighted by Gasteiger charge is 2.17. The Labute approximate surface area is 115 Å². The second-order valence-electron chi connectivity index (χ2n) is 4.08. The molecule has 0 bridgehead atoms. The maximum absolute atomic E-state index is 12.0. The monoisotopic (exact) mass is 301 g/mol. The highest BCUT2D eigenvalue weighted by atomic mass is 32.2. The number of nitrogens with one attached hydrogen (secondary N) is 1. The summed E-state index contributed by atoms with van der Waals surface area (Å²) in [6, 6.07) is 4.18. The average molecular weight is 301 g/mol. The van der Waals surface area contributed by atoms with Gasteiger partial charge in [-0.2, -0.15) is 5.26 Å². The summed E-state index contributed by atoms with van der Waals surface area (Å²) in [7, 11) is -4.60. The molecule has 1 heterocycles. The molecule has 0 aliphatic rings. The molecule has 19 heavy (non-hydrogen) atoms. The fourth-order valence-corrected chi connectivity index (χ4v) is 3.25. The van der Waals surface area contributed by atoms with Crippen molar-refractivity contribution in [1.29, 1.82) is 5.26 Å². The van der Waals surface area contributed by atoms with Crippen LogP contribution in [0.4, 0.5) is 0 Å². The smallest absolute Gasteiger partial charge is 0.242 e. The van der Waals surface area contributed by atoms with Crippen molar-refractivity contribution in [2.45, 2.75) is 24.3 Å². The Morgan fingerprint density at radius 2 is 2.21 bits per heavy atom. The zero-order chi connectivity index (χ0) is 14.5. The Balaban J connectivity index is 2.75. The molecule has 1 rings (SSSR count). The number of hydrogen-bond donors (Lipinski definition) is 1. The van der Waals surface area contributed by atoms with Crippen LogP contribution in [0.15, 0.2) is 23.2 Å². The van der Waals surface area contributed by atoms with E-state index in [9.17, 15) is 12.6 Å². The van der Waals surface area contributed by atoms with E-state index in [1.807, 2.05) is 6.07 Å². The standard InChI is InChI=1S/C11H15N3O3S2/c1-9(5-6-18(2)15)14-19(16,17)11-4-3-10(7-12)13-8-11/h3-4,8-9,14H,5-6H2,1-2H3. The maximum Gasteiger partial charge on any atom is 0.242 e. The third kappa shape index (κ3) is 5.06. The summed E-state index contributed by atoms with van der Waals surface area (Å²) in [6.45, 7) is 1.71. The molecule has 0 radical (unpaired) electrons. The molecule has 2 atom stereocenters. The fourth-order valence-electron chi connectivity index (χ4n) is 1.34. The topological polar surface area (TPSA) is 99.9 Å². The van der Waals surface area contributed by atoms with Crippen molar-refractivity contribution in [3.8, 4) is 6.07 Å². The Hall–Kier alpha value is -1.30. The average Bonchev–Trinajstić information content (AvgIpc) is 2.36. The molecule has 1 aromatic heterocycles. The van der Waals surface area contributed by atoms with Crippen molar-refractivity contribution < 1.29 is 12.6 Å². The van der Waals surface area contributed by atoms with E-state index in [-0.39, 0.29) is 16.6 Å². The van der Waals surface area contributed by atoms with E-state index in [0.717, 1.165) is 6.20 Å². The van der Waals surface area contributed by atoms with Gasteiger partial charge in [0, 0.05) is 35.0 Å². The first-order valence-corrected chi connectivity index (χ1v) is 8.74. The third-order valence-electron chi connectivity index (χ3n) is 2.36. The highest BCUT2D eigenvalue weighted by Crippen LogP contribution is 2.09. The van der Waals surface area contributed by atoms with Crippen molar-refractivity contribution in [1.82, 2.24) is 9.71 Å². The minimum atomic E-state index is -3.65. The number of rotatable bonds is 6. The molecule has 0 saturated carbocycles. The van der Waals surface area contributed by atoms with Crippen LogP contribution in [0.2, 0.25) is 0 Å². The molecule has 6 nitrogen and oxygen atoms in total. The molecular formula is C11H15N3O3S2. The van der Waals surface area contributed by atoms with E-state index in [0.29, 0.717) is 12.2 Å². The van der Waals surface area contributed by atoms with Crippen LogP contribution in [0, 0.1) is 11.3 Å². The molecule has 0 amide bonds. The van der Waals surface area contributed by atoms with Crippen LogP contribution >= 0.6 is 0 Å². The number of aromatic nitrogens is 1. The van der Waals surface area contributed by atoms with Crippen LogP contribution in [0.1, 0.15) is 19.0 Å². The van der Waals surface area contributed by atoms with Crippen LogP contribution < -0.4 is 4.72 Å². The second-order valence-corrected chi connectivity index (χ2v) is 7.35. The lowest BCUT2D eigenvalue weighted by Gasteiger charge is -2.13. The van der Waals surface area contributed by atoms with Crippen LogP contribution in [0.5, 0.6) is 0 Å². The van der Waals surface area contributed by atoms with Gasteiger partial charge in [0.2, 0.25) is 10.0 Å². The summed E-state index contributed by atoms with van der Waals surface area (Å²) in [5.41, 5.74) is 0.161. The molecule has 0 spiro atoms. The van der Waals surface area contributed by atoms with Crippen LogP contribution in [-0.4, -0.2) is 35.7 Å². The predicted octanol–water partition coefficient (Wildman–Crippen LogP) is 0.389. The first-order valence-electron chi connectivity index (χ1n) is 5.53.